The van der Waals surface area contributed by atoms with E-state index in [1.165, 1.54) is 4.31 Å². The fraction of sp³-hybridized carbons (Fsp3) is 0.500. The summed E-state index contributed by atoms with van der Waals surface area (Å²) in [5.74, 6) is 0.329. The lowest BCUT2D eigenvalue weighted by Crippen LogP contribution is -2.50. The number of aryl methyl sites for hydroxylation is 1. The van der Waals surface area contributed by atoms with Gasteiger partial charge >= 0.3 is 0 Å². The van der Waals surface area contributed by atoms with Crippen LogP contribution in [0.1, 0.15) is 57.6 Å². The lowest BCUT2D eigenvalue weighted by molar-refractivity contribution is -0.141. The topological polar surface area (TPSA) is 96.0 Å². The molecule has 204 valence electrons. The van der Waals surface area contributed by atoms with E-state index in [9.17, 15) is 18.0 Å². The number of methoxy groups -OCH3 is 1. The zero-order chi connectivity index (χ0) is 27.6. The van der Waals surface area contributed by atoms with Crippen LogP contribution in [0.3, 0.4) is 0 Å². The lowest BCUT2D eigenvalue weighted by atomic mass is 10.1. The molecule has 0 saturated heterocycles. The highest BCUT2D eigenvalue weighted by atomic mass is 32.2. The summed E-state index contributed by atoms with van der Waals surface area (Å²) in [5, 5.41) is 3.00. The Labute approximate surface area is 222 Å². The number of sulfonamides is 1. The fourth-order valence-corrected chi connectivity index (χ4v) is 4.97. The van der Waals surface area contributed by atoms with Gasteiger partial charge in [-0.05, 0) is 62.9 Å². The minimum atomic E-state index is -3.52. The first kappa shape index (κ1) is 30.2. The standard InChI is InChI=1S/C28H41N3O5S/c1-7-22(4)29-28(33)26(8-2)30(20-23-13-17-25(36-5)18-14-23)27(32)10-9-19-31(37(6,34)35)24-15-11-21(3)12-16-24/h11-18,22,26H,7-10,19-20H2,1-6H3,(H,29,33)/t22-,26+/m1/s1. The summed E-state index contributed by atoms with van der Waals surface area (Å²) in [7, 11) is -1.93. The summed E-state index contributed by atoms with van der Waals surface area (Å²) in [6.07, 6.45) is 2.85. The van der Waals surface area contributed by atoms with Crippen LogP contribution in [0, 0.1) is 6.92 Å². The Bertz CT molecular complexity index is 1120. The highest BCUT2D eigenvalue weighted by molar-refractivity contribution is 7.92. The minimum Gasteiger partial charge on any atom is -0.497 e. The van der Waals surface area contributed by atoms with Crippen molar-refractivity contribution >= 4 is 27.5 Å². The second kappa shape index (κ2) is 14.0. The van der Waals surface area contributed by atoms with Crippen molar-refractivity contribution in [1.82, 2.24) is 10.2 Å². The monoisotopic (exact) mass is 531 g/mol. The molecule has 0 aromatic heterocycles. The number of anilines is 1. The number of carbonyl (C=O) groups excluding carboxylic acids is 2. The van der Waals surface area contributed by atoms with E-state index < -0.39 is 16.1 Å². The lowest BCUT2D eigenvalue weighted by Gasteiger charge is -2.32. The Morgan fingerprint density at radius 1 is 1.00 bits per heavy atom. The van der Waals surface area contributed by atoms with Crippen LogP contribution < -0.4 is 14.4 Å². The zero-order valence-corrected chi connectivity index (χ0v) is 23.7. The van der Waals surface area contributed by atoms with Crippen LogP contribution in [0.4, 0.5) is 5.69 Å². The number of hydrogen-bond donors (Lipinski definition) is 1. The van der Waals surface area contributed by atoms with Crippen LogP contribution in [0.5, 0.6) is 5.75 Å². The largest absolute Gasteiger partial charge is 0.497 e. The molecule has 0 heterocycles. The van der Waals surface area contributed by atoms with E-state index in [0.29, 0.717) is 24.3 Å². The van der Waals surface area contributed by atoms with E-state index in [1.807, 2.05) is 64.1 Å². The molecule has 0 fully saturated rings. The van der Waals surface area contributed by atoms with Crippen LogP contribution in [0.2, 0.25) is 0 Å². The molecule has 9 heteroatoms. The van der Waals surface area contributed by atoms with Gasteiger partial charge in [0.2, 0.25) is 21.8 Å². The van der Waals surface area contributed by atoms with Crippen LogP contribution in [0.15, 0.2) is 48.5 Å². The van der Waals surface area contributed by atoms with E-state index in [1.54, 1.807) is 24.1 Å². The van der Waals surface area contributed by atoms with Gasteiger partial charge in [0.15, 0.2) is 0 Å². The third-order valence-corrected chi connectivity index (χ3v) is 7.57. The highest BCUT2D eigenvalue weighted by Crippen LogP contribution is 2.21. The zero-order valence-electron chi connectivity index (χ0n) is 22.9. The molecule has 37 heavy (non-hydrogen) atoms. The van der Waals surface area contributed by atoms with E-state index in [2.05, 4.69) is 5.32 Å². The molecule has 2 amide bonds. The SMILES string of the molecule is CC[C@@H](C)NC(=O)[C@H](CC)N(Cc1ccc(OC)cc1)C(=O)CCCN(c1ccc(C)cc1)S(C)(=O)=O. The van der Waals surface area contributed by atoms with Crippen molar-refractivity contribution in [1.29, 1.82) is 0 Å². The highest BCUT2D eigenvalue weighted by Gasteiger charge is 2.29. The van der Waals surface area contributed by atoms with Gasteiger partial charge < -0.3 is 15.0 Å². The molecular weight excluding hydrogens is 490 g/mol. The van der Waals surface area contributed by atoms with Gasteiger partial charge in [-0.25, -0.2) is 8.42 Å². The van der Waals surface area contributed by atoms with Gasteiger partial charge in [0, 0.05) is 25.6 Å². The third kappa shape index (κ3) is 9.07. The summed E-state index contributed by atoms with van der Waals surface area (Å²) in [6, 6.07) is 14.0. The van der Waals surface area contributed by atoms with Gasteiger partial charge in [-0.1, -0.05) is 43.7 Å². The molecule has 8 nitrogen and oxygen atoms in total. The molecule has 0 saturated carbocycles. The fourth-order valence-electron chi connectivity index (χ4n) is 4.00. The summed E-state index contributed by atoms with van der Waals surface area (Å²) >= 11 is 0. The molecule has 2 atom stereocenters. The Morgan fingerprint density at radius 3 is 2.14 bits per heavy atom. The predicted octanol–water partition coefficient (Wildman–Crippen LogP) is 4.27. The van der Waals surface area contributed by atoms with Gasteiger partial charge in [0.1, 0.15) is 11.8 Å². The number of rotatable bonds is 14. The summed E-state index contributed by atoms with van der Waals surface area (Å²) in [5.41, 5.74) is 2.47. The van der Waals surface area contributed by atoms with Crippen LogP contribution in [-0.4, -0.2) is 57.1 Å². The molecule has 0 bridgehead atoms. The second-order valence-electron chi connectivity index (χ2n) is 9.39. The summed E-state index contributed by atoms with van der Waals surface area (Å²) < 4.78 is 31.5. The molecule has 0 unspecified atom stereocenters. The van der Waals surface area contributed by atoms with Crippen molar-refractivity contribution in [2.75, 3.05) is 24.2 Å². The average Bonchev–Trinajstić information content (AvgIpc) is 2.86. The Kier molecular flexibility index (Phi) is 11.4. The first-order valence-corrected chi connectivity index (χ1v) is 14.6. The van der Waals surface area contributed by atoms with Gasteiger partial charge in [0.05, 0.1) is 19.1 Å². The van der Waals surface area contributed by atoms with Crippen molar-refractivity contribution in [2.45, 2.75) is 72.0 Å². The van der Waals surface area contributed by atoms with Crippen LogP contribution >= 0.6 is 0 Å². The third-order valence-electron chi connectivity index (χ3n) is 6.37. The quantitative estimate of drug-likeness (QED) is 0.393. The van der Waals surface area contributed by atoms with Gasteiger partial charge in [-0.2, -0.15) is 0 Å². The van der Waals surface area contributed by atoms with Gasteiger partial charge in [0.25, 0.3) is 0 Å². The maximum absolute atomic E-state index is 13.5. The van der Waals surface area contributed by atoms with E-state index in [0.717, 1.165) is 23.8 Å². The average molecular weight is 532 g/mol. The number of ether oxygens (including phenoxy) is 1. The smallest absolute Gasteiger partial charge is 0.243 e. The van der Waals surface area contributed by atoms with Crippen molar-refractivity contribution < 1.29 is 22.7 Å². The van der Waals surface area contributed by atoms with Crippen molar-refractivity contribution in [3.8, 4) is 5.75 Å². The van der Waals surface area contributed by atoms with Crippen LogP contribution in [0.25, 0.3) is 0 Å². The number of hydrogen-bond acceptors (Lipinski definition) is 5. The van der Waals surface area contributed by atoms with E-state index in [4.69, 9.17) is 4.74 Å². The molecule has 0 radical (unpaired) electrons. The second-order valence-corrected chi connectivity index (χ2v) is 11.3. The first-order chi connectivity index (χ1) is 17.5. The van der Waals surface area contributed by atoms with Crippen LogP contribution in [-0.2, 0) is 26.2 Å². The molecule has 0 aliphatic rings. The summed E-state index contributed by atoms with van der Waals surface area (Å²) in [6.45, 7) is 8.19. The van der Waals surface area contributed by atoms with Gasteiger partial charge in [-0.15, -0.1) is 0 Å². The molecular formula is C28H41N3O5S. The first-order valence-electron chi connectivity index (χ1n) is 12.8. The molecule has 0 aliphatic heterocycles. The molecule has 0 aliphatic carbocycles. The van der Waals surface area contributed by atoms with Crippen molar-refractivity contribution in [2.24, 2.45) is 0 Å². The summed E-state index contributed by atoms with van der Waals surface area (Å²) in [4.78, 5) is 28.2. The van der Waals surface area contributed by atoms with Crippen molar-refractivity contribution in [3.05, 3.63) is 59.7 Å². The molecule has 2 rings (SSSR count). The minimum absolute atomic E-state index is 0.00248. The number of amides is 2. The molecule has 2 aromatic carbocycles. The molecule has 1 N–H and O–H groups in total. The maximum atomic E-state index is 13.5. The number of nitrogens with one attached hydrogen (secondary N) is 1. The predicted molar refractivity (Wildman–Crippen MR) is 148 cm³/mol. The maximum Gasteiger partial charge on any atom is 0.243 e. The van der Waals surface area contributed by atoms with Crippen molar-refractivity contribution in [3.63, 3.8) is 0 Å². The molecule has 0 spiro atoms. The number of carbonyl (C=O) groups is 2. The Morgan fingerprint density at radius 2 is 1.62 bits per heavy atom. The molecule has 2 aromatic rings. The van der Waals surface area contributed by atoms with Gasteiger partial charge in [-0.3, -0.25) is 13.9 Å². The van der Waals surface area contributed by atoms with E-state index >= 15 is 0 Å². The normalized spacial score (nSPS) is 12.9. The Hall–Kier alpha value is -3.07. The Balaban J connectivity index is 2.22. The van der Waals surface area contributed by atoms with E-state index in [-0.39, 0.29) is 37.4 Å². The number of nitrogens with zero attached hydrogens (tertiary/aromatic N) is 2. The number of benzene rings is 2.